The standard InChI is InChI=1S/C27H26N4O2S2/c1-17-6-8-18(9-7-17)16-31-26(33)23(35-27(31)34)15-21-14-20-4-2-3-5-22(20)29-25(21)30-12-10-19(11-13-30)24(28)32/h2-9,14-15,19H,10-13,16H2,1H3,(H2,28,32)/b23-15-. The zero-order valence-electron chi connectivity index (χ0n) is 19.4. The smallest absolute Gasteiger partial charge is 0.266 e. The molecule has 0 aliphatic carbocycles. The van der Waals surface area contributed by atoms with Gasteiger partial charge >= 0.3 is 0 Å². The molecule has 2 N–H and O–H groups in total. The predicted molar refractivity (Wildman–Crippen MR) is 146 cm³/mol. The zero-order valence-corrected chi connectivity index (χ0v) is 21.1. The molecule has 35 heavy (non-hydrogen) atoms. The van der Waals surface area contributed by atoms with E-state index in [0.717, 1.165) is 27.8 Å². The summed E-state index contributed by atoms with van der Waals surface area (Å²) in [5, 5.41) is 1.00. The van der Waals surface area contributed by atoms with Crippen molar-refractivity contribution in [2.24, 2.45) is 11.7 Å². The van der Waals surface area contributed by atoms with E-state index in [-0.39, 0.29) is 17.7 Å². The molecular formula is C27H26N4O2S2. The maximum atomic E-state index is 13.3. The van der Waals surface area contributed by atoms with Crippen LogP contribution in [0.25, 0.3) is 17.0 Å². The lowest BCUT2D eigenvalue weighted by atomic mass is 9.96. The molecule has 8 heteroatoms. The third-order valence-electron chi connectivity index (χ3n) is 6.55. The molecule has 2 aliphatic rings. The highest BCUT2D eigenvalue weighted by molar-refractivity contribution is 8.26. The lowest BCUT2D eigenvalue weighted by Crippen LogP contribution is -2.39. The van der Waals surface area contributed by atoms with E-state index in [1.165, 1.54) is 17.3 Å². The number of anilines is 1. The number of para-hydroxylation sites is 1. The van der Waals surface area contributed by atoms with Crippen LogP contribution in [0.1, 0.15) is 29.5 Å². The van der Waals surface area contributed by atoms with Gasteiger partial charge in [0.2, 0.25) is 5.91 Å². The number of carbonyl (C=O) groups excluding carboxylic acids is 2. The Morgan fingerprint density at radius 1 is 1.17 bits per heavy atom. The molecule has 2 amide bonds. The molecule has 0 spiro atoms. The maximum Gasteiger partial charge on any atom is 0.266 e. The number of hydrogen-bond donors (Lipinski definition) is 1. The topological polar surface area (TPSA) is 79.5 Å². The number of nitrogens with two attached hydrogens (primary N) is 1. The Balaban J connectivity index is 1.46. The number of pyridine rings is 1. The van der Waals surface area contributed by atoms with Crippen molar-refractivity contribution >= 4 is 62.9 Å². The molecule has 178 valence electrons. The molecule has 0 atom stereocenters. The quantitative estimate of drug-likeness (QED) is 0.404. The van der Waals surface area contributed by atoms with E-state index < -0.39 is 0 Å². The highest BCUT2D eigenvalue weighted by Crippen LogP contribution is 2.36. The second-order valence-corrected chi connectivity index (χ2v) is 10.7. The molecule has 2 fully saturated rings. The third-order valence-corrected chi connectivity index (χ3v) is 7.93. The van der Waals surface area contributed by atoms with Crippen LogP contribution in [0.2, 0.25) is 0 Å². The van der Waals surface area contributed by atoms with Gasteiger partial charge in [-0.3, -0.25) is 14.5 Å². The number of thioether (sulfide) groups is 1. The van der Waals surface area contributed by atoms with E-state index in [4.69, 9.17) is 22.9 Å². The largest absolute Gasteiger partial charge is 0.369 e. The van der Waals surface area contributed by atoms with Crippen molar-refractivity contribution in [2.75, 3.05) is 18.0 Å². The van der Waals surface area contributed by atoms with Crippen molar-refractivity contribution in [3.63, 3.8) is 0 Å². The highest BCUT2D eigenvalue weighted by atomic mass is 32.2. The first-order valence-corrected chi connectivity index (χ1v) is 12.9. The van der Waals surface area contributed by atoms with Gasteiger partial charge < -0.3 is 10.6 Å². The molecule has 3 heterocycles. The van der Waals surface area contributed by atoms with Crippen LogP contribution in [0.4, 0.5) is 5.82 Å². The van der Waals surface area contributed by atoms with Crippen LogP contribution in [-0.2, 0) is 16.1 Å². The number of fused-ring (bicyclic) bond motifs is 1. The molecule has 0 unspecified atom stereocenters. The molecule has 2 aliphatic heterocycles. The molecule has 0 bridgehead atoms. The zero-order chi connectivity index (χ0) is 24.5. The van der Waals surface area contributed by atoms with E-state index in [1.807, 2.05) is 61.5 Å². The summed E-state index contributed by atoms with van der Waals surface area (Å²) in [5.41, 5.74) is 9.51. The van der Waals surface area contributed by atoms with E-state index in [9.17, 15) is 9.59 Å². The number of piperidine rings is 1. The van der Waals surface area contributed by atoms with Crippen molar-refractivity contribution in [1.29, 1.82) is 0 Å². The van der Waals surface area contributed by atoms with Gasteiger partial charge in [-0.2, -0.15) is 0 Å². The van der Waals surface area contributed by atoms with Gasteiger partial charge in [0.1, 0.15) is 10.1 Å². The normalized spacial score (nSPS) is 18.1. The molecular weight excluding hydrogens is 476 g/mol. The van der Waals surface area contributed by atoms with Crippen LogP contribution < -0.4 is 10.6 Å². The number of benzene rings is 2. The Hall–Kier alpha value is -3.23. The van der Waals surface area contributed by atoms with E-state index in [0.29, 0.717) is 41.7 Å². The van der Waals surface area contributed by atoms with Crippen molar-refractivity contribution < 1.29 is 9.59 Å². The van der Waals surface area contributed by atoms with Gasteiger partial charge in [-0.1, -0.05) is 72.0 Å². The van der Waals surface area contributed by atoms with Gasteiger partial charge in [0.25, 0.3) is 5.91 Å². The van der Waals surface area contributed by atoms with E-state index in [2.05, 4.69) is 11.0 Å². The first-order valence-electron chi connectivity index (χ1n) is 11.6. The van der Waals surface area contributed by atoms with Gasteiger partial charge in [0.15, 0.2) is 0 Å². The number of rotatable bonds is 5. The number of primary amides is 1. The number of carbonyl (C=O) groups is 2. The number of aromatic nitrogens is 1. The number of thiocarbonyl (C=S) groups is 1. The Bertz CT molecular complexity index is 1350. The Labute approximate surface area is 214 Å². The van der Waals surface area contributed by atoms with Crippen molar-refractivity contribution in [2.45, 2.75) is 26.3 Å². The second-order valence-electron chi connectivity index (χ2n) is 9.01. The Morgan fingerprint density at radius 3 is 2.60 bits per heavy atom. The molecule has 0 saturated carbocycles. The van der Waals surface area contributed by atoms with Crippen LogP contribution in [-0.4, -0.2) is 39.1 Å². The maximum absolute atomic E-state index is 13.3. The van der Waals surface area contributed by atoms with Crippen molar-refractivity contribution in [1.82, 2.24) is 9.88 Å². The van der Waals surface area contributed by atoms with Crippen LogP contribution in [0.3, 0.4) is 0 Å². The van der Waals surface area contributed by atoms with Gasteiger partial charge in [0.05, 0.1) is 17.0 Å². The Morgan fingerprint density at radius 2 is 1.89 bits per heavy atom. The number of amides is 2. The minimum absolute atomic E-state index is 0.0906. The van der Waals surface area contributed by atoms with Crippen LogP contribution in [0.5, 0.6) is 0 Å². The van der Waals surface area contributed by atoms with Crippen molar-refractivity contribution in [3.05, 3.63) is 76.2 Å². The minimum Gasteiger partial charge on any atom is -0.369 e. The lowest BCUT2D eigenvalue weighted by Gasteiger charge is -2.32. The summed E-state index contributed by atoms with van der Waals surface area (Å²) in [4.78, 5) is 34.3. The van der Waals surface area contributed by atoms with Gasteiger partial charge in [0, 0.05) is 30.0 Å². The fourth-order valence-electron chi connectivity index (χ4n) is 4.51. The van der Waals surface area contributed by atoms with E-state index in [1.54, 1.807) is 4.90 Å². The molecule has 3 aromatic rings. The summed E-state index contributed by atoms with van der Waals surface area (Å²) in [5.74, 6) is 0.379. The van der Waals surface area contributed by atoms with E-state index >= 15 is 0 Å². The first kappa shape index (κ1) is 23.5. The fourth-order valence-corrected chi connectivity index (χ4v) is 5.76. The number of nitrogens with zero attached hydrogens (tertiary/aromatic N) is 3. The van der Waals surface area contributed by atoms with Gasteiger partial charge in [-0.15, -0.1) is 0 Å². The second kappa shape index (κ2) is 9.79. The molecule has 0 radical (unpaired) electrons. The average Bonchev–Trinajstić information content (AvgIpc) is 3.12. The van der Waals surface area contributed by atoms with Crippen LogP contribution in [0, 0.1) is 12.8 Å². The molecule has 2 aromatic carbocycles. The third kappa shape index (κ3) is 4.94. The fraction of sp³-hybridized carbons (Fsp3) is 0.259. The molecule has 5 rings (SSSR count). The van der Waals surface area contributed by atoms with Gasteiger partial charge in [-0.25, -0.2) is 4.98 Å². The lowest BCUT2D eigenvalue weighted by molar-refractivity contribution is -0.123. The predicted octanol–water partition coefficient (Wildman–Crippen LogP) is 4.65. The molecule has 2 saturated heterocycles. The summed E-state index contributed by atoms with van der Waals surface area (Å²) in [7, 11) is 0. The van der Waals surface area contributed by atoms with Gasteiger partial charge in [-0.05, 0) is 43.5 Å². The van der Waals surface area contributed by atoms with Crippen LogP contribution >= 0.6 is 24.0 Å². The Kier molecular flexibility index (Phi) is 6.58. The molecule has 1 aromatic heterocycles. The highest BCUT2D eigenvalue weighted by Gasteiger charge is 2.33. The SMILES string of the molecule is Cc1ccc(CN2C(=O)/C(=C/c3cc4ccccc4nc3N3CCC(C(N)=O)CC3)SC2=S)cc1. The summed E-state index contributed by atoms with van der Waals surface area (Å²) in [6.07, 6.45) is 3.30. The molecule has 6 nitrogen and oxygen atoms in total. The summed E-state index contributed by atoms with van der Waals surface area (Å²) in [6.45, 7) is 3.87. The average molecular weight is 503 g/mol. The van der Waals surface area contributed by atoms with Crippen LogP contribution in [0.15, 0.2) is 59.5 Å². The first-order chi connectivity index (χ1) is 16.9. The summed E-state index contributed by atoms with van der Waals surface area (Å²) < 4.78 is 0.555. The summed E-state index contributed by atoms with van der Waals surface area (Å²) in [6, 6.07) is 18.2. The number of aryl methyl sites for hydroxylation is 1. The monoisotopic (exact) mass is 502 g/mol. The number of hydrogen-bond acceptors (Lipinski definition) is 6. The minimum atomic E-state index is -0.242. The van der Waals surface area contributed by atoms with Crippen molar-refractivity contribution in [3.8, 4) is 0 Å². The summed E-state index contributed by atoms with van der Waals surface area (Å²) >= 11 is 6.89.